The summed E-state index contributed by atoms with van der Waals surface area (Å²) >= 11 is 9.29. The Morgan fingerprint density at radius 2 is 2.05 bits per heavy atom. The van der Waals surface area contributed by atoms with Crippen molar-refractivity contribution in [3.8, 4) is 0 Å². The molecule has 2 nitrogen and oxygen atoms in total. The lowest BCUT2D eigenvalue weighted by Crippen LogP contribution is -2.41. The molecule has 106 valence electrons. The Bertz CT molecular complexity index is 417. The van der Waals surface area contributed by atoms with Gasteiger partial charge in [0.25, 0.3) is 5.91 Å². The van der Waals surface area contributed by atoms with E-state index in [0.29, 0.717) is 11.9 Å². The molecule has 1 rings (SSSR count). The maximum Gasteiger partial charge on any atom is 0.258 e. The minimum atomic E-state index is -0.567. The molecule has 0 radical (unpaired) electrons. The van der Waals surface area contributed by atoms with E-state index in [0.717, 1.165) is 12.8 Å². The third-order valence-corrected chi connectivity index (χ3v) is 3.82. The fourth-order valence-electron chi connectivity index (χ4n) is 2.12. The number of rotatable bonds is 6. The third-order valence-electron chi connectivity index (χ3n) is 3.15. The normalized spacial score (nSPS) is 10.8. The number of halogens is 3. The number of hydrogen-bond donors (Lipinski definition) is 0. The number of carbonyl (C=O) groups excluding carboxylic acids is 1. The van der Waals surface area contributed by atoms with Gasteiger partial charge in [-0.15, -0.1) is 0 Å². The molecule has 0 bridgehead atoms. The van der Waals surface area contributed by atoms with Crippen LogP contribution in [0.1, 0.15) is 37.0 Å². The van der Waals surface area contributed by atoms with E-state index >= 15 is 0 Å². The van der Waals surface area contributed by atoms with Crippen LogP contribution in [0.15, 0.2) is 18.2 Å². The van der Waals surface area contributed by atoms with Gasteiger partial charge in [0.05, 0.1) is 10.6 Å². The number of carbonyl (C=O) groups is 1. The van der Waals surface area contributed by atoms with E-state index < -0.39 is 5.82 Å². The van der Waals surface area contributed by atoms with Gasteiger partial charge < -0.3 is 4.90 Å². The highest BCUT2D eigenvalue weighted by molar-refractivity contribution is 9.09. The topological polar surface area (TPSA) is 20.3 Å². The smallest absolute Gasteiger partial charge is 0.258 e. The van der Waals surface area contributed by atoms with Crippen LogP contribution >= 0.6 is 27.5 Å². The summed E-state index contributed by atoms with van der Waals surface area (Å²) in [5, 5.41) is 0.817. The molecule has 1 aromatic carbocycles. The minimum absolute atomic E-state index is 0.0305. The molecule has 19 heavy (non-hydrogen) atoms. The van der Waals surface area contributed by atoms with Gasteiger partial charge in [-0.2, -0.15) is 0 Å². The lowest BCUT2D eigenvalue weighted by molar-refractivity contribution is 0.0678. The molecule has 0 spiro atoms. The lowest BCUT2D eigenvalue weighted by atomic mass is 10.1. The van der Waals surface area contributed by atoms with Crippen molar-refractivity contribution < 1.29 is 9.18 Å². The van der Waals surface area contributed by atoms with Crippen molar-refractivity contribution in [2.24, 2.45) is 0 Å². The van der Waals surface area contributed by atoms with Crippen molar-refractivity contribution in [1.82, 2.24) is 4.90 Å². The first-order valence-corrected chi connectivity index (χ1v) is 7.87. The Balaban J connectivity index is 3.12. The molecule has 1 aromatic rings. The summed E-state index contributed by atoms with van der Waals surface area (Å²) in [7, 11) is 0. The summed E-state index contributed by atoms with van der Waals surface area (Å²) in [4.78, 5) is 14.2. The third kappa shape index (κ3) is 3.93. The zero-order valence-electron chi connectivity index (χ0n) is 11.1. The average Bonchev–Trinajstić information content (AvgIpc) is 2.38. The van der Waals surface area contributed by atoms with Crippen LogP contribution in [0.5, 0.6) is 0 Å². The van der Waals surface area contributed by atoms with Crippen molar-refractivity contribution in [1.29, 1.82) is 0 Å². The van der Waals surface area contributed by atoms with Crippen LogP contribution in [0.2, 0.25) is 5.02 Å². The van der Waals surface area contributed by atoms with E-state index in [1.165, 1.54) is 18.2 Å². The molecular weight excluding hydrogens is 333 g/mol. The quantitative estimate of drug-likeness (QED) is 0.692. The minimum Gasteiger partial charge on any atom is -0.335 e. The number of benzene rings is 1. The van der Waals surface area contributed by atoms with E-state index in [1.807, 2.05) is 13.8 Å². The first-order chi connectivity index (χ1) is 9.06. The molecule has 0 heterocycles. The molecule has 0 fully saturated rings. The molecule has 0 unspecified atom stereocenters. The van der Waals surface area contributed by atoms with Gasteiger partial charge in [-0.05, 0) is 25.0 Å². The zero-order valence-corrected chi connectivity index (χ0v) is 13.5. The monoisotopic (exact) mass is 349 g/mol. The van der Waals surface area contributed by atoms with E-state index in [4.69, 9.17) is 11.6 Å². The molecular formula is C14H18BrClFNO. The predicted molar refractivity (Wildman–Crippen MR) is 80.6 cm³/mol. The predicted octanol–water partition coefficient (Wildman–Crippen LogP) is 4.50. The molecule has 0 aliphatic heterocycles. The second-order valence-corrected chi connectivity index (χ2v) is 5.45. The summed E-state index contributed by atoms with van der Waals surface area (Å²) in [6, 6.07) is 4.40. The van der Waals surface area contributed by atoms with Crippen molar-refractivity contribution in [2.45, 2.75) is 32.7 Å². The number of amides is 1. The van der Waals surface area contributed by atoms with Gasteiger partial charge >= 0.3 is 0 Å². The largest absolute Gasteiger partial charge is 0.335 e. The van der Waals surface area contributed by atoms with Crippen LogP contribution in [0.3, 0.4) is 0 Å². The van der Waals surface area contributed by atoms with Crippen molar-refractivity contribution in [3.63, 3.8) is 0 Å². The summed E-state index contributed by atoms with van der Waals surface area (Å²) in [6.07, 6.45) is 1.67. The summed E-state index contributed by atoms with van der Waals surface area (Å²) in [5.41, 5.74) is -0.0305. The summed E-state index contributed by atoms with van der Waals surface area (Å²) in [5.74, 6) is -0.903. The van der Waals surface area contributed by atoms with Gasteiger partial charge in [0.1, 0.15) is 5.82 Å². The summed E-state index contributed by atoms with van der Waals surface area (Å²) < 4.78 is 13.8. The van der Waals surface area contributed by atoms with Gasteiger partial charge in [0.15, 0.2) is 0 Å². The number of nitrogens with zero attached hydrogens (tertiary/aromatic N) is 1. The van der Waals surface area contributed by atoms with Gasteiger partial charge in [0, 0.05) is 17.9 Å². The van der Waals surface area contributed by atoms with Crippen LogP contribution in [0.25, 0.3) is 0 Å². The molecule has 0 saturated heterocycles. The Hall–Kier alpha value is -0.610. The average molecular weight is 351 g/mol. The highest BCUT2D eigenvalue weighted by atomic mass is 79.9. The van der Waals surface area contributed by atoms with Crippen LogP contribution < -0.4 is 0 Å². The highest BCUT2D eigenvalue weighted by Gasteiger charge is 2.25. The first kappa shape index (κ1) is 16.4. The van der Waals surface area contributed by atoms with Gasteiger partial charge in [-0.1, -0.05) is 47.4 Å². The molecule has 0 atom stereocenters. The van der Waals surface area contributed by atoms with Gasteiger partial charge in [-0.3, -0.25) is 4.79 Å². The Labute approximate surface area is 127 Å². The van der Waals surface area contributed by atoms with Crippen LogP contribution in [0, 0.1) is 5.82 Å². The SMILES string of the molecule is CCC(CC)N(CCBr)C(=O)c1c(F)cccc1Cl. The van der Waals surface area contributed by atoms with Crippen LogP contribution in [-0.4, -0.2) is 28.7 Å². The van der Waals surface area contributed by atoms with Crippen molar-refractivity contribution in [3.05, 3.63) is 34.6 Å². The van der Waals surface area contributed by atoms with Crippen molar-refractivity contribution in [2.75, 3.05) is 11.9 Å². The Morgan fingerprint density at radius 1 is 1.42 bits per heavy atom. The van der Waals surface area contributed by atoms with E-state index in [2.05, 4.69) is 15.9 Å². The molecule has 0 N–H and O–H groups in total. The fourth-order valence-corrected chi connectivity index (χ4v) is 2.74. The maximum atomic E-state index is 13.8. The fraction of sp³-hybridized carbons (Fsp3) is 0.500. The molecule has 0 aliphatic rings. The molecule has 0 aliphatic carbocycles. The molecule has 0 saturated carbocycles. The maximum absolute atomic E-state index is 13.8. The van der Waals surface area contributed by atoms with E-state index in [1.54, 1.807) is 4.90 Å². The van der Waals surface area contributed by atoms with Crippen LogP contribution in [0.4, 0.5) is 4.39 Å². The molecule has 1 amide bonds. The molecule has 0 aromatic heterocycles. The van der Waals surface area contributed by atoms with Gasteiger partial charge in [0.2, 0.25) is 0 Å². The molecule has 5 heteroatoms. The zero-order chi connectivity index (χ0) is 14.4. The van der Waals surface area contributed by atoms with E-state index in [9.17, 15) is 9.18 Å². The van der Waals surface area contributed by atoms with Gasteiger partial charge in [-0.25, -0.2) is 4.39 Å². The summed E-state index contributed by atoms with van der Waals surface area (Å²) in [6.45, 7) is 4.58. The number of hydrogen-bond acceptors (Lipinski definition) is 1. The Morgan fingerprint density at radius 3 is 2.53 bits per heavy atom. The second-order valence-electron chi connectivity index (χ2n) is 4.25. The van der Waals surface area contributed by atoms with Crippen molar-refractivity contribution >= 4 is 33.4 Å². The van der Waals surface area contributed by atoms with Crippen LogP contribution in [-0.2, 0) is 0 Å². The Kier molecular flexibility index (Phi) is 6.80. The first-order valence-electron chi connectivity index (χ1n) is 6.37. The van der Waals surface area contributed by atoms with E-state index in [-0.39, 0.29) is 22.5 Å². The second kappa shape index (κ2) is 7.85. The highest BCUT2D eigenvalue weighted by Crippen LogP contribution is 2.23. The standard InChI is InChI=1S/C14H18BrClFNO/c1-3-10(4-2)18(9-8-15)14(19)13-11(16)6-5-7-12(13)17/h5-7,10H,3-4,8-9H2,1-2H3. The number of alkyl halides is 1. The lowest BCUT2D eigenvalue weighted by Gasteiger charge is -2.30.